The van der Waals surface area contributed by atoms with Crippen LogP contribution in [-0.4, -0.2) is 85.4 Å². The third-order valence-corrected chi connectivity index (χ3v) is 6.01. The van der Waals surface area contributed by atoms with E-state index in [-0.39, 0.29) is 30.7 Å². The van der Waals surface area contributed by atoms with Crippen molar-refractivity contribution in [3.05, 3.63) is 0 Å². The Kier molecular flexibility index (Phi) is 11.0. The molecule has 8 heteroatoms. The summed E-state index contributed by atoms with van der Waals surface area (Å²) >= 11 is 0. The number of carbonyl (C=O) groups is 2. The standard InChI is InChI=1S/C19H34N4O2.2ClH/c1-2-21-9-11-23(12-10-21)18(24)13-16-5-7-22(8-6-16)19(25)15-20-14-17-3-4-17;;/h16-17,20H,2-15H2,1H3;2*1H. The minimum absolute atomic E-state index is 0. The van der Waals surface area contributed by atoms with Gasteiger partial charge in [0, 0.05) is 45.7 Å². The lowest BCUT2D eigenvalue weighted by atomic mass is 9.92. The van der Waals surface area contributed by atoms with Gasteiger partial charge in [-0.2, -0.15) is 0 Å². The first kappa shape index (κ1) is 24.5. The van der Waals surface area contributed by atoms with Crippen LogP contribution >= 0.6 is 24.8 Å². The third kappa shape index (κ3) is 7.76. The van der Waals surface area contributed by atoms with E-state index in [1.807, 2.05) is 9.80 Å². The first-order chi connectivity index (χ1) is 12.2. The molecule has 0 radical (unpaired) electrons. The highest BCUT2D eigenvalue weighted by Crippen LogP contribution is 2.27. The molecule has 27 heavy (non-hydrogen) atoms. The first-order valence-electron chi connectivity index (χ1n) is 10.1. The van der Waals surface area contributed by atoms with Crippen molar-refractivity contribution < 1.29 is 9.59 Å². The number of amides is 2. The molecule has 0 bridgehead atoms. The molecule has 0 aromatic carbocycles. The Balaban J connectivity index is 0.00000182. The average molecular weight is 423 g/mol. The predicted octanol–water partition coefficient (Wildman–Crippen LogP) is 1.62. The van der Waals surface area contributed by atoms with Gasteiger partial charge in [0.1, 0.15) is 0 Å². The van der Waals surface area contributed by atoms with Crippen molar-refractivity contribution in [2.75, 3.05) is 58.9 Å². The van der Waals surface area contributed by atoms with Crippen LogP contribution in [0.25, 0.3) is 0 Å². The fourth-order valence-electron chi connectivity index (χ4n) is 3.89. The van der Waals surface area contributed by atoms with Crippen LogP contribution in [0.2, 0.25) is 0 Å². The molecule has 3 fully saturated rings. The Labute approximate surface area is 176 Å². The molecule has 2 heterocycles. The highest BCUT2D eigenvalue weighted by molar-refractivity contribution is 5.85. The van der Waals surface area contributed by atoms with Crippen LogP contribution in [-0.2, 0) is 9.59 Å². The number of rotatable bonds is 7. The summed E-state index contributed by atoms with van der Waals surface area (Å²) in [6.45, 7) is 10.1. The summed E-state index contributed by atoms with van der Waals surface area (Å²) in [6.07, 6.45) is 5.22. The molecule has 2 amide bonds. The van der Waals surface area contributed by atoms with Gasteiger partial charge in [0.05, 0.1) is 6.54 Å². The molecule has 1 saturated carbocycles. The van der Waals surface area contributed by atoms with Gasteiger partial charge in [0.2, 0.25) is 11.8 Å². The van der Waals surface area contributed by atoms with Gasteiger partial charge in [-0.05, 0) is 50.6 Å². The molecule has 3 rings (SSSR count). The lowest BCUT2D eigenvalue weighted by Gasteiger charge is -2.36. The van der Waals surface area contributed by atoms with E-state index in [2.05, 4.69) is 17.1 Å². The maximum absolute atomic E-state index is 12.5. The van der Waals surface area contributed by atoms with Crippen molar-refractivity contribution in [1.82, 2.24) is 20.0 Å². The molecule has 2 aliphatic heterocycles. The van der Waals surface area contributed by atoms with E-state index in [1.54, 1.807) is 0 Å². The topological polar surface area (TPSA) is 55.9 Å². The van der Waals surface area contributed by atoms with E-state index in [9.17, 15) is 9.59 Å². The van der Waals surface area contributed by atoms with Crippen molar-refractivity contribution >= 4 is 36.6 Å². The van der Waals surface area contributed by atoms with E-state index < -0.39 is 0 Å². The van der Waals surface area contributed by atoms with Crippen LogP contribution < -0.4 is 5.32 Å². The first-order valence-corrected chi connectivity index (χ1v) is 10.1. The summed E-state index contributed by atoms with van der Waals surface area (Å²) < 4.78 is 0. The number of hydrogen-bond donors (Lipinski definition) is 1. The van der Waals surface area contributed by atoms with E-state index in [4.69, 9.17) is 0 Å². The highest BCUT2D eigenvalue weighted by Gasteiger charge is 2.27. The molecule has 0 atom stereocenters. The zero-order valence-electron chi connectivity index (χ0n) is 16.5. The van der Waals surface area contributed by atoms with Gasteiger partial charge in [-0.25, -0.2) is 0 Å². The molecular formula is C19H36Cl2N4O2. The fourth-order valence-corrected chi connectivity index (χ4v) is 3.89. The van der Waals surface area contributed by atoms with Gasteiger partial charge in [-0.3, -0.25) is 9.59 Å². The second-order valence-corrected chi connectivity index (χ2v) is 7.92. The molecule has 0 aromatic heterocycles. The van der Waals surface area contributed by atoms with Crippen LogP contribution in [0.15, 0.2) is 0 Å². The second kappa shape index (κ2) is 12.1. The van der Waals surface area contributed by atoms with Crippen molar-refractivity contribution in [1.29, 1.82) is 0 Å². The van der Waals surface area contributed by atoms with Crippen LogP contribution in [0.5, 0.6) is 0 Å². The van der Waals surface area contributed by atoms with Gasteiger partial charge in [0.25, 0.3) is 0 Å². The normalized spacial score (nSPS) is 21.4. The number of nitrogens with zero attached hydrogens (tertiary/aromatic N) is 3. The summed E-state index contributed by atoms with van der Waals surface area (Å²) in [6, 6.07) is 0. The number of halogens is 2. The maximum Gasteiger partial charge on any atom is 0.236 e. The summed E-state index contributed by atoms with van der Waals surface area (Å²) in [4.78, 5) is 31.1. The minimum Gasteiger partial charge on any atom is -0.342 e. The van der Waals surface area contributed by atoms with E-state index in [1.165, 1.54) is 12.8 Å². The van der Waals surface area contributed by atoms with Crippen LogP contribution in [0.1, 0.15) is 39.0 Å². The summed E-state index contributed by atoms with van der Waals surface area (Å²) in [5.74, 6) is 1.79. The van der Waals surface area contributed by atoms with Crippen molar-refractivity contribution in [2.24, 2.45) is 11.8 Å². The molecule has 2 saturated heterocycles. The molecule has 158 valence electrons. The number of likely N-dealkylation sites (N-methyl/N-ethyl adjacent to an activating group) is 1. The Morgan fingerprint density at radius 2 is 1.41 bits per heavy atom. The molecule has 3 aliphatic rings. The van der Waals surface area contributed by atoms with E-state index in [0.29, 0.717) is 24.8 Å². The number of hydrogen-bond acceptors (Lipinski definition) is 4. The molecule has 1 N–H and O–H groups in total. The molecule has 0 spiro atoms. The van der Waals surface area contributed by atoms with Gasteiger partial charge >= 0.3 is 0 Å². The Morgan fingerprint density at radius 3 is 1.96 bits per heavy atom. The molecule has 1 aliphatic carbocycles. The number of piperidine rings is 1. The summed E-state index contributed by atoms with van der Waals surface area (Å²) in [7, 11) is 0. The minimum atomic E-state index is 0. The van der Waals surface area contributed by atoms with Crippen molar-refractivity contribution in [3.8, 4) is 0 Å². The van der Waals surface area contributed by atoms with E-state index >= 15 is 0 Å². The maximum atomic E-state index is 12.5. The largest absolute Gasteiger partial charge is 0.342 e. The fraction of sp³-hybridized carbons (Fsp3) is 0.895. The van der Waals surface area contributed by atoms with Gasteiger partial charge in [-0.15, -0.1) is 24.8 Å². The summed E-state index contributed by atoms with van der Waals surface area (Å²) in [5, 5.41) is 3.28. The van der Waals surface area contributed by atoms with Crippen molar-refractivity contribution in [2.45, 2.75) is 39.0 Å². The zero-order chi connectivity index (χ0) is 17.6. The van der Waals surface area contributed by atoms with Gasteiger partial charge < -0.3 is 20.0 Å². The van der Waals surface area contributed by atoms with Crippen molar-refractivity contribution in [3.63, 3.8) is 0 Å². The lowest BCUT2D eigenvalue weighted by molar-refractivity contribution is -0.135. The van der Waals surface area contributed by atoms with Crippen LogP contribution in [0.4, 0.5) is 0 Å². The van der Waals surface area contributed by atoms with Gasteiger partial charge in [0.15, 0.2) is 0 Å². The second-order valence-electron chi connectivity index (χ2n) is 7.92. The Bertz CT molecular complexity index is 461. The number of nitrogens with one attached hydrogen (secondary N) is 1. The van der Waals surface area contributed by atoms with Gasteiger partial charge in [-0.1, -0.05) is 6.92 Å². The highest BCUT2D eigenvalue weighted by atomic mass is 35.5. The number of carbonyl (C=O) groups excluding carboxylic acids is 2. The average Bonchev–Trinajstić information content (AvgIpc) is 3.46. The zero-order valence-corrected chi connectivity index (χ0v) is 18.2. The van der Waals surface area contributed by atoms with E-state index in [0.717, 1.165) is 71.1 Å². The Morgan fingerprint density at radius 1 is 0.815 bits per heavy atom. The number of piperazine rings is 1. The summed E-state index contributed by atoms with van der Waals surface area (Å²) in [5.41, 5.74) is 0. The molecule has 6 nitrogen and oxygen atoms in total. The molecule has 0 unspecified atom stereocenters. The molecular weight excluding hydrogens is 387 g/mol. The quantitative estimate of drug-likeness (QED) is 0.676. The number of likely N-dealkylation sites (tertiary alicyclic amines) is 1. The van der Waals surface area contributed by atoms with Crippen LogP contribution in [0, 0.1) is 11.8 Å². The lowest BCUT2D eigenvalue weighted by Crippen LogP contribution is -2.49. The Hall–Kier alpha value is -0.560. The predicted molar refractivity (Wildman–Crippen MR) is 113 cm³/mol. The smallest absolute Gasteiger partial charge is 0.236 e. The third-order valence-electron chi connectivity index (χ3n) is 6.01. The monoisotopic (exact) mass is 422 g/mol. The molecule has 0 aromatic rings. The van der Waals surface area contributed by atoms with Crippen LogP contribution in [0.3, 0.4) is 0 Å². The SMILES string of the molecule is CCN1CCN(C(=O)CC2CCN(C(=O)CNCC3CC3)CC2)CC1.Cl.Cl.